The average molecular weight is 478 g/mol. The summed E-state index contributed by atoms with van der Waals surface area (Å²) in [6.45, 7) is 5.09. The Hall–Kier alpha value is -2.90. The Labute approximate surface area is 202 Å². The molecule has 0 fully saturated rings. The first kappa shape index (κ1) is 23.3. The fourth-order valence-electron chi connectivity index (χ4n) is 3.42. The van der Waals surface area contributed by atoms with Gasteiger partial charge in [-0.15, -0.1) is 11.8 Å². The number of fused-ring (bicyclic) bond motifs is 1. The van der Waals surface area contributed by atoms with Gasteiger partial charge < -0.3 is 4.74 Å². The molecule has 0 saturated heterocycles. The number of anilines is 1. The van der Waals surface area contributed by atoms with Crippen LogP contribution >= 0.6 is 23.1 Å². The third-order valence-corrected chi connectivity index (χ3v) is 7.26. The number of benzene rings is 2. The van der Waals surface area contributed by atoms with E-state index in [2.05, 4.69) is 36.2 Å². The molecule has 1 amide bonds. The Balaban J connectivity index is 1.49. The molecule has 170 valence electrons. The van der Waals surface area contributed by atoms with Crippen LogP contribution in [-0.2, 0) is 11.3 Å². The highest BCUT2D eigenvalue weighted by Gasteiger charge is 2.21. The van der Waals surface area contributed by atoms with Gasteiger partial charge in [-0.25, -0.2) is 4.98 Å². The number of hydrogen-bond donors (Lipinski definition) is 0. The average Bonchev–Trinajstić information content (AvgIpc) is 3.27. The number of nitrogens with zero attached hydrogens (tertiary/aromatic N) is 3. The molecule has 5 nitrogen and oxygen atoms in total. The number of aryl methyl sites for hydroxylation is 1. The lowest BCUT2D eigenvalue weighted by Crippen LogP contribution is -2.30. The van der Waals surface area contributed by atoms with Gasteiger partial charge in [0.05, 0.1) is 17.9 Å². The second-order valence-corrected chi connectivity index (χ2v) is 9.81. The van der Waals surface area contributed by atoms with Crippen LogP contribution in [0.3, 0.4) is 0 Å². The number of thiazole rings is 1. The van der Waals surface area contributed by atoms with E-state index in [1.165, 1.54) is 21.8 Å². The minimum Gasteiger partial charge on any atom is -0.492 e. The van der Waals surface area contributed by atoms with Crippen LogP contribution in [0.15, 0.2) is 71.9 Å². The van der Waals surface area contributed by atoms with Gasteiger partial charge in [0.2, 0.25) is 5.91 Å². The van der Waals surface area contributed by atoms with Crippen molar-refractivity contribution in [3.8, 4) is 5.75 Å². The van der Waals surface area contributed by atoms with Crippen LogP contribution < -0.4 is 9.64 Å². The summed E-state index contributed by atoms with van der Waals surface area (Å²) in [4.78, 5) is 25.3. The molecule has 7 heteroatoms. The molecule has 0 unspecified atom stereocenters. The van der Waals surface area contributed by atoms with E-state index in [9.17, 15) is 4.79 Å². The van der Waals surface area contributed by atoms with Gasteiger partial charge >= 0.3 is 0 Å². The number of amides is 1. The van der Waals surface area contributed by atoms with Crippen LogP contribution in [0.2, 0.25) is 0 Å². The molecular weight excluding hydrogens is 450 g/mol. The summed E-state index contributed by atoms with van der Waals surface area (Å²) in [6.07, 6.45) is 4.78. The lowest BCUT2D eigenvalue weighted by molar-refractivity contribution is -0.118. The zero-order valence-electron chi connectivity index (χ0n) is 18.9. The van der Waals surface area contributed by atoms with E-state index in [0.717, 1.165) is 33.7 Å². The summed E-state index contributed by atoms with van der Waals surface area (Å²) in [5.74, 6) is 1.73. The first-order chi connectivity index (χ1) is 16.1. The van der Waals surface area contributed by atoms with Gasteiger partial charge in [0.1, 0.15) is 11.3 Å². The van der Waals surface area contributed by atoms with E-state index < -0.39 is 0 Å². The summed E-state index contributed by atoms with van der Waals surface area (Å²) in [6, 6.07) is 18.3. The van der Waals surface area contributed by atoms with Gasteiger partial charge in [0.25, 0.3) is 0 Å². The van der Waals surface area contributed by atoms with Crippen LogP contribution in [0, 0.1) is 6.92 Å². The third kappa shape index (κ3) is 6.12. The number of carbonyl (C=O) groups is 1. The Morgan fingerprint density at radius 1 is 1.09 bits per heavy atom. The molecular formula is C26H27N3O2S2. The van der Waals surface area contributed by atoms with Crippen molar-refractivity contribution in [2.45, 2.75) is 38.1 Å². The molecule has 4 aromatic rings. The van der Waals surface area contributed by atoms with Crippen molar-refractivity contribution in [3.63, 3.8) is 0 Å². The second-order valence-electron chi connectivity index (χ2n) is 7.63. The molecule has 0 spiro atoms. The first-order valence-electron chi connectivity index (χ1n) is 11.0. The van der Waals surface area contributed by atoms with Crippen molar-refractivity contribution in [1.82, 2.24) is 9.97 Å². The SMILES string of the molecule is CCOc1cccc2sc(N(Cc3ccncc3)C(=O)CCCSc3ccc(C)cc3)nc12. The summed E-state index contributed by atoms with van der Waals surface area (Å²) in [5, 5.41) is 0.699. The van der Waals surface area contributed by atoms with Crippen molar-refractivity contribution >= 4 is 44.4 Å². The highest BCUT2D eigenvalue weighted by Crippen LogP contribution is 2.35. The standard InChI is InChI=1S/C26H27N3O2S2/c1-3-31-22-6-4-7-23-25(22)28-26(33-23)29(18-20-13-15-27-16-14-20)24(30)8-5-17-32-21-11-9-19(2)10-12-21/h4,6-7,9-16H,3,5,8,17-18H2,1-2H3. The minimum absolute atomic E-state index is 0.0772. The third-order valence-electron chi connectivity index (χ3n) is 5.12. The smallest absolute Gasteiger partial charge is 0.229 e. The van der Waals surface area contributed by atoms with Crippen LogP contribution in [0.5, 0.6) is 5.75 Å². The lowest BCUT2D eigenvalue weighted by Gasteiger charge is -2.20. The molecule has 2 aromatic heterocycles. The summed E-state index contributed by atoms with van der Waals surface area (Å²) < 4.78 is 6.76. The maximum atomic E-state index is 13.3. The molecule has 2 heterocycles. The van der Waals surface area contributed by atoms with E-state index in [1.54, 1.807) is 29.1 Å². The van der Waals surface area contributed by atoms with Crippen molar-refractivity contribution in [1.29, 1.82) is 0 Å². The monoisotopic (exact) mass is 477 g/mol. The number of thioether (sulfide) groups is 1. The second kappa shape index (κ2) is 11.3. The lowest BCUT2D eigenvalue weighted by atomic mass is 10.2. The molecule has 0 radical (unpaired) electrons. The Morgan fingerprint density at radius 3 is 2.64 bits per heavy atom. The van der Waals surface area contributed by atoms with Crippen molar-refractivity contribution in [2.75, 3.05) is 17.3 Å². The molecule has 2 aromatic carbocycles. The highest BCUT2D eigenvalue weighted by molar-refractivity contribution is 7.99. The fraction of sp³-hybridized carbons (Fsp3) is 0.269. The predicted octanol–water partition coefficient (Wildman–Crippen LogP) is 6.50. The van der Waals surface area contributed by atoms with Crippen LogP contribution in [0.25, 0.3) is 10.2 Å². The van der Waals surface area contributed by atoms with E-state index in [4.69, 9.17) is 9.72 Å². The Morgan fingerprint density at radius 2 is 1.88 bits per heavy atom. The van der Waals surface area contributed by atoms with Gasteiger partial charge in [-0.2, -0.15) is 0 Å². The minimum atomic E-state index is 0.0772. The number of carbonyl (C=O) groups excluding carboxylic acids is 1. The van der Waals surface area contributed by atoms with Gasteiger partial charge in [-0.1, -0.05) is 35.1 Å². The van der Waals surface area contributed by atoms with Gasteiger partial charge in [0.15, 0.2) is 5.13 Å². The van der Waals surface area contributed by atoms with Gasteiger partial charge in [0, 0.05) is 23.7 Å². The summed E-state index contributed by atoms with van der Waals surface area (Å²) >= 11 is 3.31. The number of pyridine rings is 1. The van der Waals surface area contributed by atoms with E-state index in [-0.39, 0.29) is 5.91 Å². The number of aromatic nitrogens is 2. The topological polar surface area (TPSA) is 55.3 Å². The zero-order valence-corrected chi connectivity index (χ0v) is 20.5. The molecule has 33 heavy (non-hydrogen) atoms. The summed E-state index contributed by atoms with van der Waals surface area (Å²) in [7, 11) is 0. The van der Waals surface area contributed by atoms with Gasteiger partial charge in [-0.05, 0) is 68.0 Å². The fourth-order valence-corrected chi connectivity index (χ4v) is 5.27. The molecule has 0 N–H and O–H groups in total. The zero-order chi connectivity index (χ0) is 23.0. The maximum absolute atomic E-state index is 13.3. The van der Waals surface area contributed by atoms with E-state index >= 15 is 0 Å². The van der Waals surface area contributed by atoms with Crippen LogP contribution in [-0.4, -0.2) is 28.2 Å². The van der Waals surface area contributed by atoms with E-state index in [1.807, 2.05) is 37.3 Å². The van der Waals surface area contributed by atoms with Crippen LogP contribution in [0.4, 0.5) is 5.13 Å². The molecule has 0 atom stereocenters. The highest BCUT2D eigenvalue weighted by atomic mass is 32.2. The normalized spacial score (nSPS) is 11.0. The van der Waals surface area contributed by atoms with Crippen molar-refractivity contribution in [3.05, 3.63) is 78.1 Å². The summed E-state index contributed by atoms with van der Waals surface area (Å²) in [5.41, 5.74) is 3.09. The molecule has 0 aliphatic rings. The Bertz CT molecular complexity index is 1190. The van der Waals surface area contributed by atoms with Crippen molar-refractivity contribution < 1.29 is 9.53 Å². The van der Waals surface area contributed by atoms with E-state index in [0.29, 0.717) is 24.7 Å². The number of ether oxygens (including phenoxy) is 1. The number of hydrogen-bond acceptors (Lipinski definition) is 6. The largest absolute Gasteiger partial charge is 0.492 e. The number of rotatable bonds is 10. The number of para-hydroxylation sites is 1. The molecule has 0 saturated carbocycles. The molecule has 0 aliphatic heterocycles. The molecule has 0 bridgehead atoms. The molecule has 4 rings (SSSR count). The Kier molecular flexibility index (Phi) is 7.96. The van der Waals surface area contributed by atoms with Crippen LogP contribution in [0.1, 0.15) is 30.9 Å². The van der Waals surface area contributed by atoms with Crippen molar-refractivity contribution in [2.24, 2.45) is 0 Å². The maximum Gasteiger partial charge on any atom is 0.229 e. The predicted molar refractivity (Wildman–Crippen MR) is 137 cm³/mol. The first-order valence-corrected chi connectivity index (χ1v) is 12.9. The van der Waals surface area contributed by atoms with Gasteiger partial charge in [-0.3, -0.25) is 14.7 Å². The molecule has 0 aliphatic carbocycles. The quantitative estimate of drug-likeness (QED) is 0.193.